The molecule has 3 N–H and O–H groups in total. The number of rotatable bonds is 11. The normalized spacial score (nSPS) is 11.9. The van der Waals surface area contributed by atoms with Crippen molar-refractivity contribution < 1.29 is 28.6 Å². The molecule has 10 heteroatoms. The van der Waals surface area contributed by atoms with Crippen molar-refractivity contribution in [2.24, 2.45) is 0 Å². The Kier molecular flexibility index (Phi) is 9.51. The fourth-order valence-electron chi connectivity index (χ4n) is 3.22. The zero-order valence-corrected chi connectivity index (χ0v) is 18.7. The molecule has 0 radical (unpaired) electrons. The number of ether oxygens (including phenoxy) is 1. The van der Waals surface area contributed by atoms with Crippen molar-refractivity contribution in [3.63, 3.8) is 0 Å². The molecule has 35 heavy (non-hydrogen) atoms. The third kappa shape index (κ3) is 8.35. The van der Waals surface area contributed by atoms with E-state index in [0.717, 1.165) is 5.56 Å². The third-order valence-corrected chi connectivity index (χ3v) is 4.77. The predicted octanol–water partition coefficient (Wildman–Crippen LogP) is 2.72. The van der Waals surface area contributed by atoms with E-state index in [0.29, 0.717) is 11.3 Å². The maximum Gasteiger partial charge on any atom is 0.635 e. The monoisotopic (exact) mass is 475 g/mol. The number of nitrogens with one attached hydrogen (secondary N) is 1. The first kappa shape index (κ1) is 25.6. The molecule has 3 aromatic rings. The molecule has 1 heterocycles. The number of amides is 1. The van der Waals surface area contributed by atoms with Crippen molar-refractivity contribution in [1.82, 2.24) is 10.3 Å². The van der Waals surface area contributed by atoms with Crippen LogP contribution >= 0.6 is 0 Å². The molecule has 1 amide bonds. The molecule has 0 saturated carbocycles. The van der Waals surface area contributed by atoms with Crippen molar-refractivity contribution in [2.45, 2.75) is 19.1 Å². The summed E-state index contributed by atoms with van der Waals surface area (Å²) in [5.41, 5.74) is 1.47. The molecule has 1 aromatic heterocycles. The number of nitriles is 1. The van der Waals surface area contributed by atoms with Gasteiger partial charge in [-0.05, 0) is 41.5 Å². The van der Waals surface area contributed by atoms with Gasteiger partial charge in [-0.25, -0.2) is 4.39 Å². The minimum Gasteiger partial charge on any atom is -0.493 e. The smallest absolute Gasteiger partial charge is 0.493 e. The Labute approximate surface area is 202 Å². The van der Waals surface area contributed by atoms with Crippen LogP contribution in [-0.2, 0) is 15.9 Å². The van der Waals surface area contributed by atoms with Crippen molar-refractivity contribution in [2.75, 3.05) is 6.61 Å². The Morgan fingerprint density at radius 2 is 1.97 bits per heavy atom. The van der Waals surface area contributed by atoms with Crippen LogP contribution < -0.4 is 10.1 Å². The minimum absolute atomic E-state index is 0.0150. The number of carbonyl (C=O) groups is 1. The van der Waals surface area contributed by atoms with E-state index in [2.05, 4.69) is 10.3 Å². The quantitative estimate of drug-likeness (QED) is 0.221. The van der Waals surface area contributed by atoms with Gasteiger partial charge in [0.25, 0.3) is 0 Å². The fraction of sp³-hybridized carbons (Fsp3) is 0.160. The highest BCUT2D eigenvalue weighted by Gasteiger charge is 2.20. The molecule has 0 spiro atoms. The van der Waals surface area contributed by atoms with E-state index in [4.69, 9.17) is 19.4 Å². The number of allylic oxidation sites excluding steroid dienone is 1. The summed E-state index contributed by atoms with van der Waals surface area (Å²) in [6.45, 7) is 0.0404. The van der Waals surface area contributed by atoms with Crippen LogP contribution in [0, 0.1) is 17.1 Å². The second kappa shape index (κ2) is 13.0. The van der Waals surface area contributed by atoms with E-state index >= 15 is 0 Å². The Hall–Kier alpha value is -4.04. The van der Waals surface area contributed by atoms with Crippen LogP contribution in [0.15, 0.2) is 72.9 Å². The molecule has 2 aromatic carbocycles. The van der Waals surface area contributed by atoms with E-state index in [-0.39, 0.29) is 30.7 Å². The van der Waals surface area contributed by atoms with Crippen molar-refractivity contribution in [1.29, 1.82) is 5.26 Å². The predicted molar refractivity (Wildman–Crippen MR) is 128 cm³/mol. The second-order valence-corrected chi connectivity index (χ2v) is 7.38. The zero-order chi connectivity index (χ0) is 25.0. The van der Waals surface area contributed by atoms with Crippen LogP contribution in [0.4, 0.5) is 4.39 Å². The van der Waals surface area contributed by atoms with E-state index in [9.17, 15) is 14.4 Å². The highest BCUT2D eigenvalue weighted by atomic mass is 19.1. The lowest BCUT2D eigenvalue weighted by molar-refractivity contribution is -0.124. The number of hydrogen-bond donors (Lipinski definition) is 3. The Morgan fingerprint density at radius 3 is 2.69 bits per heavy atom. The molecule has 0 aliphatic rings. The lowest BCUT2D eigenvalue weighted by atomic mass is 10.1. The molecule has 0 saturated heterocycles. The summed E-state index contributed by atoms with van der Waals surface area (Å²) in [6.07, 6.45) is 2.20. The van der Waals surface area contributed by atoms with Crippen LogP contribution in [0.25, 0.3) is 11.6 Å². The van der Waals surface area contributed by atoms with Crippen LogP contribution in [0.2, 0.25) is 0 Å². The molecule has 0 unspecified atom stereocenters. The molecule has 0 aliphatic heterocycles. The number of carbonyl (C=O) groups excluding carboxylic acids is 1. The van der Waals surface area contributed by atoms with Crippen molar-refractivity contribution in [3.8, 4) is 11.8 Å². The average molecular weight is 475 g/mol. The highest BCUT2D eigenvalue weighted by Crippen LogP contribution is 2.21. The first-order valence-corrected chi connectivity index (χ1v) is 10.7. The number of nitrogens with zero attached hydrogens (tertiary/aromatic N) is 2. The largest absolute Gasteiger partial charge is 0.635 e. The molecule has 3 rings (SSSR count). The number of halogens is 1. The van der Waals surface area contributed by atoms with Crippen LogP contribution in [0.3, 0.4) is 0 Å². The van der Waals surface area contributed by atoms with Gasteiger partial charge in [-0.15, -0.1) is 0 Å². The maximum absolute atomic E-state index is 14.0. The summed E-state index contributed by atoms with van der Waals surface area (Å²) in [5.74, 6) is -0.546. The first-order chi connectivity index (χ1) is 16.9. The van der Waals surface area contributed by atoms with Gasteiger partial charge in [0, 0.05) is 12.6 Å². The van der Waals surface area contributed by atoms with E-state index in [1.54, 1.807) is 24.3 Å². The number of benzene rings is 2. The molecule has 0 bridgehead atoms. The van der Waals surface area contributed by atoms with Gasteiger partial charge in [0.15, 0.2) is 0 Å². The summed E-state index contributed by atoms with van der Waals surface area (Å²) in [4.78, 5) is 16.3. The van der Waals surface area contributed by atoms with Crippen molar-refractivity contribution in [3.05, 3.63) is 95.6 Å². The number of pyridine rings is 1. The topological polar surface area (TPSA) is 125 Å². The SMILES string of the molecule is N#CC(=Cc1cccc(OCCC(=O)N[C@@H](Cc2ccccc2)OB(O)O)c1)c1ncccc1F. The molecule has 1 atom stereocenters. The van der Waals surface area contributed by atoms with Crippen molar-refractivity contribution >= 4 is 24.9 Å². The van der Waals surface area contributed by atoms with Gasteiger partial charge in [-0.3, -0.25) is 9.78 Å². The van der Waals surface area contributed by atoms with E-state index < -0.39 is 25.3 Å². The summed E-state index contributed by atoms with van der Waals surface area (Å²) in [7, 11) is -2.03. The molecule has 0 fully saturated rings. The molecular formula is C25H23BFN3O5. The third-order valence-electron chi connectivity index (χ3n) is 4.77. The molecule has 8 nitrogen and oxygen atoms in total. The Bertz CT molecular complexity index is 1200. The van der Waals surface area contributed by atoms with E-state index in [1.165, 1.54) is 24.4 Å². The first-order valence-electron chi connectivity index (χ1n) is 10.7. The zero-order valence-electron chi connectivity index (χ0n) is 18.7. The second-order valence-electron chi connectivity index (χ2n) is 7.38. The Balaban J connectivity index is 1.57. The van der Waals surface area contributed by atoms with Gasteiger partial charge in [-0.1, -0.05) is 42.5 Å². The minimum atomic E-state index is -2.03. The van der Waals surface area contributed by atoms with Gasteiger partial charge in [0.1, 0.15) is 29.6 Å². The maximum atomic E-state index is 14.0. The summed E-state index contributed by atoms with van der Waals surface area (Å²) in [6, 6.07) is 20.6. The van der Waals surface area contributed by atoms with Crippen LogP contribution in [0.5, 0.6) is 5.75 Å². The summed E-state index contributed by atoms with van der Waals surface area (Å²) < 4.78 is 24.6. The highest BCUT2D eigenvalue weighted by molar-refractivity contribution is 6.32. The molecular weight excluding hydrogens is 452 g/mol. The van der Waals surface area contributed by atoms with Gasteiger partial charge >= 0.3 is 7.32 Å². The lowest BCUT2D eigenvalue weighted by Gasteiger charge is -2.19. The lowest BCUT2D eigenvalue weighted by Crippen LogP contribution is -2.42. The standard InChI is InChI=1S/C25H23BFN3O5/c27-22-10-5-12-29-25(22)20(17-28)14-19-8-4-9-21(15-19)34-13-11-23(31)30-24(35-26(32)33)16-18-6-2-1-3-7-18/h1-10,12,14-15,24,32-33H,11,13,16H2,(H,30,31)/t24-/m1/s1. The van der Waals surface area contributed by atoms with Crippen LogP contribution in [-0.4, -0.2) is 41.1 Å². The van der Waals surface area contributed by atoms with Gasteiger partial charge in [-0.2, -0.15) is 5.26 Å². The van der Waals surface area contributed by atoms with E-state index in [1.807, 2.05) is 36.4 Å². The Morgan fingerprint density at radius 1 is 1.17 bits per heavy atom. The molecule has 178 valence electrons. The average Bonchev–Trinajstić information content (AvgIpc) is 2.83. The fourth-order valence-corrected chi connectivity index (χ4v) is 3.22. The van der Waals surface area contributed by atoms with Gasteiger partial charge in [0.05, 0.1) is 18.6 Å². The van der Waals surface area contributed by atoms with Crippen LogP contribution in [0.1, 0.15) is 23.2 Å². The number of hydrogen-bond acceptors (Lipinski definition) is 7. The molecule has 0 aliphatic carbocycles. The summed E-state index contributed by atoms with van der Waals surface area (Å²) in [5, 5.41) is 30.3. The summed E-state index contributed by atoms with van der Waals surface area (Å²) >= 11 is 0. The van der Waals surface area contributed by atoms with Gasteiger partial charge < -0.3 is 24.8 Å². The number of aromatic nitrogens is 1. The van der Waals surface area contributed by atoms with Gasteiger partial charge in [0.2, 0.25) is 5.91 Å².